The van der Waals surface area contributed by atoms with E-state index in [2.05, 4.69) is 0 Å². The first-order valence-electron chi connectivity index (χ1n) is 3.59. The van der Waals surface area contributed by atoms with E-state index >= 15 is 0 Å². The summed E-state index contributed by atoms with van der Waals surface area (Å²) in [6, 6.07) is 3.92. The van der Waals surface area contributed by atoms with Gasteiger partial charge in [0.1, 0.15) is 5.69 Å². The molecule has 1 aromatic carbocycles. The third-order valence-electron chi connectivity index (χ3n) is 1.58. The summed E-state index contributed by atoms with van der Waals surface area (Å²) in [7, 11) is 0. The van der Waals surface area contributed by atoms with E-state index in [1.54, 1.807) is 0 Å². The van der Waals surface area contributed by atoms with Gasteiger partial charge < -0.3 is 10.3 Å². The summed E-state index contributed by atoms with van der Waals surface area (Å²) in [5.41, 5.74) is 5.43. The number of hydrogen-bond acceptors (Lipinski definition) is 5. The lowest BCUT2D eigenvalue weighted by molar-refractivity contribution is -0.383. The van der Waals surface area contributed by atoms with Gasteiger partial charge in [-0.15, -0.1) is 0 Å². The lowest BCUT2D eigenvalue weighted by Crippen LogP contribution is -1.99. The fourth-order valence-corrected chi connectivity index (χ4v) is 1.42. The molecule has 0 fully saturated rings. The van der Waals surface area contributed by atoms with Crippen molar-refractivity contribution in [3.63, 3.8) is 0 Å². The molecule has 0 aliphatic heterocycles. The molecule has 76 valence electrons. The first-order chi connectivity index (χ1) is 6.50. The number of hydrogen-bond donors (Lipinski definition) is 1. The molecule has 14 heavy (non-hydrogen) atoms. The van der Waals surface area contributed by atoms with Crippen LogP contribution in [0.1, 0.15) is 5.56 Å². The van der Waals surface area contributed by atoms with Crippen LogP contribution in [0.15, 0.2) is 18.2 Å². The van der Waals surface area contributed by atoms with Crippen molar-refractivity contribution in [1.82, 2.24) is 0 Å². The summed E-state index contributed by atoms with van der Waals surface area (Å²) in [5.74, 6) is -0.249. The zero-order valence-corrected chi connectivity index (χ0v) is 7.82. The molecule has 1 rings (SSSR count). The molecule has 1 atom stereocenters. The van der Waals surface area contributed by atoms with Crippen LogP contribution in [0.25, 0.3) is 0 Å². The van der Waals surface area contributed by atoms with E-state index in [0.29, 0.717) is 5.56 Å². The minimum absolute atomic E-state index is 0.0235. The van der Waals surface area contributed by atoms with Gasteiger partial charge in [-0.3, -0.25) is 14.3 Å². The van der Waals surface area contributed by atoms with Crippen molar-refractivity contribution in [3.05, 3.63) is 33.9 Å². The Labute approximate surface area is 82.2 Å². The lowest BCUT2D eigenvalue weighted by Gasteiger charge is -2.05. The molecule has 1 unspecified atom stereocenters. The van der Waals surface area contributed by atoms with Crippen molar-refractivity contribution >= 4 is 22.5 Å². The summed E-state index contributed by atoms with van der Waals surface area (Å²) in [6.07, 6.45) is 0. The molecule has 0 radical (unpaired) electrons. The van der Waals surface area contributed by atoms with Crippen LogP contribution < -0.4 is 5.73 Å². The van der Waals surface area contributed by atoms with Gasteiger partial charge in [0.05, 0.1) is 4.92 Å². The van der Waals surface area contributed by atoms with E-state index < -0.39 is 16.0 Å². The van der Waals surface area contributed by atoms with Crippen molar-refractivity contribution in [2.24, 2.45) is 0 Å². The molecule has 0 heterocycles. The zero-order chi connectivity index (χ0) is 10.7. The molecule has 1 aromatic rings. The van der Waals surface area contributed by atoms with Crippen LogP contribution in [0.4, 0.5) is 11.4 Å². The molecular formula is C7H7N2O4S-. The smallest absolute Gasteiger partial charge is 0.292 e. The standard InChI is InChI=1S/C7H8N2O4S/c8-6-2-1-5(4-14(12)13)3-7(6)9(10)11/h1-3H,4,8H2,(H,12,13)/p-1. The lowest BCUT2D eigenvalue weighted by atomic mass is 10.2. The topological polar surface area (TPSA) is 109 Å². The fourth-order valence-electron chi connectivity index (χ4n) is 0.973. The summed E-state index contributed by atoms with van der Waals surface area (Å²) < 4.78 is 20.7. The Morgan fingerprint density at radius 2 is 2.14 bits per heavy atom. The highest BCUT2D eigenvalue weighted by molar-refractivity contribution is 7.78. The highest BCUT2D eigenvalue weighted by Crippen LogP contribution is 2.22. The maximum absolute atomic E-state index is 10.4. The average molecular weight is 215 g/mol. The van der Waals surface area contributed by atoms with Gasteiger partial charge in [0.2, 0.25) is 0 Å². The molecule has 0 aliphatic carbocycles. The zero-order valence-electron chi connectivity index (χ0n) is 7.00. The second kappa shape index (κ2) is 4.16. The van der Waals surface area contributed by atoms with E-state index in [1.807, 2.05) is 0 Å². The fraction of sp³-hybridized carbons (Fsp3) is 0.143. The average Bonchev–Trinajstić information content (AvgIpc) is 2.07. The van der Waals surface area contributed by atoms with Crippen LogP contribution in [-0.4, -0.2) is 13.7 Å². The number of rotatable bonds is 3. The number of nitro benzene ring substituents is 1. The quantitative estimate of drug-likeness (QED) is 0.343. The van der Waals surface area contributed by atoms with E-state index in [0.717, 1.165) is 6.07 Å². The summed E-state index contributed by atoms with van der Waals surface area (Å²) >= 11 is -2.26. The number of nitrogens with two attached hydrogens (primary N) is 1. The second-order valence-corrected chi connectivity index (χ2v) is 3.49. The van der Waals surface area contributed by atoms with Crippen LogP contribution in [0.5, 0.6) is 0 Å². The van der Waals surface area contributed by atoms with E-state index in [9.17, 15) is 18.9 Å². The van der Waals surface area contributed by atoms with Crippen molar-refractivity contribution in [2.75, 3.05) is 5.73 Å². The normalized spacial score (nSPS) is 12.4. The van der Waals surface area contributed by atoms with Crippen molar-refractivity contribution in [2.45, 2.75) is 5.75 Å². The van der Waals surface area contributed by atoms with Crippen LogP contribution in [0.2, 0.25) is 0 Å². The maximum atomic E-state index is 10.4. The molecular weight excluding hydrogens is 208 g/mol. The minimum Gasteiger partial charge on any atom is -0.772 e. The predicted molar refractivity (Wildman–Crippen MR) is 50.1 cm³/mol. The van der Waals surface area contributed by atoms with E-state index in [1.165, 1.54) is 12.1 Å². The van der Waals surface area contributed by atoms with Gasteiger partial charge in [0, 0.05) is 11.8 Å². The predicted octanol–water partition coefficient (Wildman–Crippen LogP) is 0.556. The number of nitrogens with zero attached hydrogens (tertiary/aromatic N) is 1. The van der Waals surface area contributed by atoms with Crippen LogP contribution in [-0.2, 0) is 16.8 Å². The molecule has 0 aliphatic rings. The largest absolute Gasteiger partial charge is 0.772 e. The number of nitrogen functional groups attached to an aromatic ring is 1. The molecule has 0 amide bonds. The third-order valence-corrected chi connectivity index (χ3v) is 2.15. The van der Waals surface area contributed by atoms with Gasteiger partial charge in [-0.2, -0.15) is 0 Å². The van der Waals surface area contributed by atoms with Gasteiger partial charge in [-0.25, -0.2) is 0 Å². The van der Waals surface area contributed by atoms with Crippen LogP contribution in [0, 0.1) is 10.1 Å². The molecule has 0 aromatic heterocycles. The molecule has 0 bridgehead atoms. The molecule has 2 N–H and O–H groups in total. The van der Waals surface area contributed by atoms with Gasteiger partial charge in [0.15, 0.2) is 0 Å². The Morgan fingerprint density at radius 1 is 1.50 bits per heavy atom. The number of benzene rings is 1. The summed E-state index contributed by atoms with van der Waals surface area (Å²) in [5, 5.41) is 10.4. The SMILES string of the molecule is Nc1ccc(CS(=O)[O-])cc1[N+](=O)[O-]. The van der Waals surface area contributed by atoms with Gasteiger partial charge in [-0.1, -0.05) is 17.1 Å². The van der Waals surface area contributed by atoms with Gasteiger partial charge in [0.25, 0.3) is 5.69 Å². The Kier molecular flexibility index (Phi) is 3.15. The Morgan fingerprint density at radius 3 is 2.64 bits per heavy atom. The van der Waals surface area contributed by atoms with Gasteiger partial charge in [-0.05, 0) is 11.6 Å². The number of anilines is 1. The first kappa shape index (κ1) is 10.6. The molecule has 7 heteroatoms. The summed E-state index contributed by atoms with van der Waals surface area (Å²) in [6.45, 7) is 0. The first-order valence-corrected chi connectivity index (χ1v) is 4.84. The summed E-state index contributed by atoms with van der Waals surface area (Å²) in [4.78, 5) is 9.79. The maximum Gasteiger partial charge on any atom is 0.292 e. The second-order valence-electron chi connectivity index (χ2n) is 2.60. The molecule has 6 nitrogen and oxygen atoms in total. The Balaban J connectivity index is 3.06. The highest BCUT2D eigenvalue weighted by Gasteiger charge is 2.11. The highest BCUT2D eigenvalue weighted by atomic mass is 32.2. The number of nitro groups is 1. The Hall–Kier alpha value is -1.47. The van der Waals surface area contributed by atoms with E-state index in [-0.39, 0.29) is 17.1 Å². The third kappa shape index (κ3) is 2.51. The molecule has 0 saturated heterocycles. The Bertz CT molecular complexity index is 393. The molecule has 0 spiro atoms. The van der Waals surface area contributed by atoms with Crippen LogP contribution in [0.3, 0.4) is 0 Å². The van der Waals surface area contributed by atoms with Crippen molar-refractivity contribution < 1.29 is 13.7 Å². The minimum atomic E-state index is -2.26. The van der Waals surface area contributed by atoms with E-state index in [4.69, 9.17) is 5.73 Å². The molecule has 0 saturated carbocycles. The van der Waals surface area contributed by atoms with Crippen LogP contribution >= 0.6 is 0 Å². The monoisotopic (exact) mass is 215 g/mol. The van der Waals surface area contributed by atoms with Gasteiger partial charge >= 0.3 is 0 Å². The van der Waals surface area contributed by atoms with Crippen molar-refractivity contribution in [3.8, 4) is 0 Å². The van der Waals surface area contributed by atoms with Crippen molar-refractivity contribution in [1.29, 1.82) is 0 Å².